The van der Waals surface area contributed by atoms with Gasteiger partial charge in [-0.25, -0.2) is 4.57 Å². The van der Waals surface area contributed by atoms with Gasteiger partial charge < -0.3 is 46.0 Å². The van der Waals surface area contributed by atoms with Crippen molar-refractivity contribution >= 4 is 13.7 Å². The predicted octanol–water partition coefficient (Wildman–Crippen LogP) is 8.37. The van der Waals surface area contributed by atoms with Crippen LogP contribution in [0, 0.1) is 0 Å². The molecular weight excluding hydrogens is 801 g/mol. The second kappa shape index (κ2) is 37.0. The standard InChI is InChI=1S/C47H90NO12P/c1-3-5-7-9-11-13-15-16-17-18-19-20-21-22-23-24-25-26-28-30-32-34-38(49)36-41(51)48-39(40(50)35-33-31-29-27-14-12-10-8-6-4-2)37-59-61(57,58)60-47-45(55)43(53)42(52)44(54)46(47)56/h19-20,22-23,38-40,42-47,49-50,52-56H,3-18,21,24-37H2,1-2H3,(H,48,51)(H,57,58)/b20-19-,23-22-. The van der Waals surface area contributed by atoms with E-state index in [1.807, 2.05) is 0 Å². The van der Waals surface area contributed by atoms with Crippen molar-refractivity contribution in [1.29, 1.82) is 0 Å². The van der Waals surface area contributed by atoms with Gasteiger partial charge in [0.15, 0.2) is 0 Å². The molecule has 1 rings (SSSR count). The topological polar surface area (TPSA) is 226 Å². The van der Waals surface area contributed by atoms with Crippen LogP contribution in [0.25, 0.3) is 0 Å². The van der Waals surface area contributed by atoms with Crippen molar-refractivity contribution in [2.45, 2.75) is 261 Å². The molecule has 0 heterocycles. The summed E-state index contributed by atoms with van der Waals surface area (Å²) in [5, 5.41) is 74.5. The molecule has 9 N–H and O–H groups in total. The van der Waals surface area contributed by atoms with Crippen molar-refractivity contribution in [3.63, 3.8) is 0 Å². The lowest BCUT2D eigenvalue weighted by Gasteiger charge is -2.41. The first-order valence-electron chi connectivity index (χ1n) is 24.4. The van der Waals surface area contributed by atoms with Crippen LogP contribution in [0.5, 0.6) is 0 Å². The van der Waals surface area contributed by atoms with E-state index in [-0.39, 0.29) is 12.8 Å². The molecule has 1 amide bonds. The van der Waals surface area contributed by atoms with E-state index in [9.17, 15) is 50.0 Å². The van der Waals surface area contributed by atoms with E-state index in [2.05, 4.69) is 43.5 Å². The third-order valence-electron chi connectivity index (χ3n) is 11.8. The van der Waals surface area contributed by atoms with Gasteiger partial charge in [-0.15, -0.1) is 0 Å². The molecule has 0 aromatic carbocycles. The number of unbranched alkanes of at least 4 members (excludes halogenated alkanes) is 23. The highest BCUT2D eigenvalue weighted by molar-refractivity contribution is 7.47. The number of rotatable bonds is 40. The minimum absolute atomic E-state index is 0.230. The lowest BCUT2D eigenvalue weighted by atomic mass is 9.85. The highest BCUT2D eigenvalue weighted by Gasteiger charge is 2.51. The molecule has 0 spiro atoms. The molecule has 1 saturated carbocycles. The molecule has 1 fully saturated rings. The number of aliphatic hydroxyl groups is 7. The summed E-state index contributed by atoms with van der Waals surface area (Å²) in [6.45, 7) is 3.76. The van der Waals surface area contributed by atoms with Crippen LogP contribution < -0.4 is 5.32 Å². The Labute approximate surface area is 369 Å². The summed E-state index contributed by atoms with van der Waals surface area (Å²) < 4.78 is 22.9. The number of phosphoric ester groups is 1. The minimum atomic E-state index is -5.12. The minimum Gasteiger partial charge on any atom is -0.393 e. The van der Waals surface area contributed by atoms with Crippen LogP contribution >= 0.6 is 7.82 Å². The highest BCUT2D eigenvalue weighted by Crippen LogP contribution is 2.47. The molecular formula is C47H90NO12P. The second-order valence-corrected chi connectivity index (χ2v) is 18.9. The second-order valence-electron chi connectivity index (χ2n) is 17.5. The van der Waals surface area contributed by atoms with Gasteiger partial charge in [0.25, 0.3) is 0 Å². The van der Waals surface area contributed by atoms with Gasteiger partial charge in [0.1, 0.15) is 36.6 Å². The summed E-state index contributed by atoms with van der Waals surface area (Å²) in [7, 11) is -5.12. The Balaban J connectivity index is 2.43. The number of phosphoric acid groups is 1. The number of carbonyl (C=O) groups excluding carboxylic acids is 1. The summed E-state index contributed by atoms with van der Waals surface area (Å²) in [6.07, 6.45) is 26.7. The highest BCUT2D eigenvalue weighted by atomic mass is 31.2. The average Bonchev–Trinajstić information content (AvgIpc) is 3.23. The summed E-state index contributed by atoms with van der Waals surface area (Å²) in [6, 6.07) is -1.16. The van der Waals surface area contributed by atoms with Crippen LogP contribution in [0.3, 0.4) is 0 Å². The largest absolute Gasteiger partial charge is 0.472 e. The van der Waals surface area contributed by atoms with Gasteiger partial charge in [-0.3, -0.25) is 13.8 Å². The van der Waals surface area contributed by atoms with E-state index in [0.29, 0.717) is 12.8 Å². The van der Waals surface area contributed by atoms with Gasteiger partial charge in [-0.05, 0) is 44.9 Å². The molecule has 14 heteroatoms. The van der Waals surface area contributed by atoms with E-state index in [0.717, 1.165) is 70.6 Å². The molecule has 0 saturated heterocycles. The Bertz CT molecular complexity index is 1140. The summed E-state index contributed by atoms with van der Waals surface area (Å²) in [5.74, 6) is -0.569. The van der Waals surface area contributed by atoms with Crippen LogP contribution in [0.1, 0.15) is 206 Å². The fraction of sp³-hybridized carbons (Fsp3) is 0.894. The number of allylic oxidation sites excluding steroid dienone is 4. The number of nitrogens with one attached hydrogen (secondary N) is 1. The van der Waals surface area contributed by atoms with Gasteiger partial charge >= 0.3 is 7.82 Å². The molecule has 13 nitrogen and oxygen atoms in total. The molecule has 8 unspecified atom stereocenters. The maximum absolute atomic E-state index is 13.0. The predicted molar refractivity (Wildman–Crippen MR) is 243 cm³/mol. The number of hydrogen-bond donors (Lipinski definition) is 9. The van der Waals surface area contributed by atoms with Gasteiger partial charge in [-0.1, -0.05) is 179 Å². The number of carbonyl (C=O) groups is 1. The smallest absolute Gasteiger partial charge is 0.393 e. The Morgan fingerprint density at radius 3 is 1.43 bits per heavy atom. The van der Waals surface area contributed by atoms with Crippen LogP contribution in [0.15, 0.2) is 24.3 Å². The van der Waals surface area contributed by atoms with Crippen molar-refractivity contribution in [2.75, 3.05) is 6.61 Å². The molecule has 1 aliphatic carbocycles. The lowest BCUT2D eigenvalue weighted by molar-refractivity contribution is -0.220. The van der Waals surface area contributed by atoms with Crippen LogP contribution in [0.4, 0.5) is 0 Å². The van der Waals surface area contributed by atoms with Gasteiger partial charge in [0.2, 0.25) is 5.91 Å². The number of amides is 1. The molecule has 61 heavy (non-hydrogen) atoms. The fourth-order valence-corrected chi connectivity index (χ4v) is 8.77. The zero-order valence-corrected chi connectivity index (χ0v) is 39.0. The third-order valence-corrected chi connectivity index (χ3v) is 12.8. The van der Waals surface area contributed by atoms with Crippen molar-refractivity contribution < 1.29 is 59.0 Å². The normalized spacial score (nSPS) is 23.4. The third kappa shape index (κ3) is 29.0. The zero-order valence-electron chi connectivity index (χ0n) is 38.1. The Kier molecular flexibility index (Phi) is 35.1. The van der Waals surface area contributed by atoms with Crippen molar-refractivity contribution in [1.82, 2.24) is 5.32 Å². The van der Waals surface area contributed by atoms with Gasteiger partial charge in [0.05, 0.1) is 31.3 Å². The molecule has 0 bridgehead atoms. The molecule has 360 valence electrons. The van der Waals surface area contributed by atoms with Crippen LogP contribution in [-0.4, -0.2) is 108 Å². The molecule has 8 atom stereocenters. The summed E-state index contributed by atoms with van der Waals surface area (Å²) in [4.78, 5) is 23.4. The fourth-order valence-electron chi connectivity index (χ4n) is 7.81. The van der Waals surface area contributed by atoms with Gasteiger partial charge in [0, 0.05) is 0 Å². The van der Waals surface area contributed by atoms with Crippen molar-refractivity contribution in [3.05, 3.63) is 24.3 Å². The number of aliphatic hydroxyl groups excluding tert-OH is 7. The lowest BCUT2D eigenvalue weighted by Crippen LogP contribution is -2.64. The first-order valence-corrected chi connectivity index (χ1v) is 25.9. The molecule has 0 aliphatic heterocycles. The maximum atomic E-state index is 13.0. The Morgan fingerprint density at radius 2 is 0.967 bits per heavy atom. The summed E-state index contributed by atoms with van der Waals surface area (Å²) >= 11 is 0. The monoisotopic (exact) mass is 892 g/mol. The average molecular weight is 892 g/mol. The maximum Gasteiger partial charge on any atom is 0.472 e. The number of hydrogen-bond acceptors (Lipinski definition) is 11. The quantitative estimate of drug-likeness (QED) is 0.0161. The Morgan fingerprint density at radius 1 is 0.574 bits per heavy atom. The van der Waals surface area contributed by atoms with Gasteiger partial charge in [-0.2, -0.15) is 0 Å². The molecule has 0 aromatic heterocycles. The summed E-state index contributed by atoms with van der Waals surface area (Å²) in [5.41, 5.74) is 0. The van der Waals surface area contributed by atoms with Crippen molar-refractivity contribution in [3.8, 4) is 0 Å². The zero-order chi connectivity index (χ0) is 45.1. The van der Waals surface area contributed by atoms with E-state index < -0.39 is 75.2 Å². The van der Waals surface area contributed by atoms with Crippen molar-refractivity contribution in [2.24, 2.45) is 0 Å². The molecule has 0 aromatic rings. The van der Waals surface area contributed by atoms with E-state index in [4.69, 9.17) is 9.05 Å². The molecule has 0 radical (unpaired) electrons. The molecule has 1 aliphatic rings. The Hall–Kier alpha value is -1.22. The van der Waals surface area contributed by atoms with Crippen LogP contribution in [-0.2, 0) is 18.4 Å². The first kappa shape index (κ1) is 57.8. The van der Waals surface area contributed by atoms with Crippen LogP contribution in [0.2, 0.25) is 0 Å². The van der Waals surface area contributed by atoms with E-state index in [1.165, 1.54) is 96.3 Å². The van der Waals surface area contributed by atoms with E-state index in [1.54, 1.807) is 0 Å². The SMILES string of the molecule is CCCCCCCCCCC/C=C\C/C=C\CCCCCCCC(O)CC(=O)NC(COP(=O)(O)OC1C(O)C(O)C(O)C(O)C1O)C(O)CCCCCCCCCCCC. The first-order chi connectivity index (χ1) is 29.3. The van der Waals surface area contributed by atoms with E-state index >= 15 is 0 Å².